The molecule has 0 unspecified atom stereocenters. The number of rotatable bonds is 0. The van der Waals surface area contributed by atoms with Crippen molar-refractivity contribution in [3.05, 3.63) is 0 Å². The Hall–Kier alpha value is 3.73. The first kappa shape index (κ1) is 37.5. The quantitative estimate of drug-likeness (QED) is 0.263. The van der Waals surface area contributed by atoms with Crippen LogP contribution in [0.1, 0.15) is 0 Å². The zero-order valence-corrected chi connectivity index (χ0v) is 16.0. The van der Waals surface area contributed by atoms with Gasteiger partial charge in [0.25, 0.3) is 0 Å². The van der Waals surface area contributed by atoms with Crippen molar-refractivity contribution in [3.8, 4) is 0 Å². The molecule has 0 amide bonds. The second kappa shape index (κ2) is 25.2. The van der Waals surface area contributed by atoms with Crippen LogP contribution < -0.4 is 0 Å². The van der Waals surface area contributed by atoms with Gasteiger partial charge in [0.1, 0.15) is 0 Å². The Balaban J connectivity index is 0. The minimum atomic E-state index is 0. The second-order valence-electron chi connectivity index (χ2n) is 0. The third kappa shape index (κ3) is 18.2. The predicted octanol–water partition coefficient (Wildman–Crippen LogP) is -2.03. The SMILES string of the molecule is O.O.[Ac].[Ac].[Pb]. The van der Waals surface area contributed by atoms with Crippen molar-refractivity contribution in [2.24, 2.45) is 0 Å². The summed E-state index contributed by atoms with van der Waals surface area (Å²) in [5, 5.41) is 0. The fourth-order valence-corrected chi connectivity index (χ4v) is 0. The standard InChI is InChI=1S/2Ac.2H2O.Pb/h;;2*1H2;. The van der Waals surface area contributed by atoms with Crippen LogP contribution in [0.2, 0.25) is 0 Å². The molecule has 26 valence electrons. The minimum absolute atomic E-state index is 0. The maximum atomic E-state index is 0. The molecule has 0 aliphatic heterocycles. The van der Waals surface area contributed by atoms with Gasteiger partial charge < -0.3 is 11.0 Å². The molecule has 0 aromatic carbocycles. The van der Waals surface area contributed by atoms with Crippen molar-refractivity contribution in [2.45, 2.75) is 0 Å². The summed E-state index contributed by atoms with van der Waals surface area (Å²) in [6.07, 6.45) is 0. The van der Waals surface area contributed by atoms with E-state index in [1.807, 2.05) is 0 Å². The first-order valence-electron chi connectivity index (χ1n) is 0. The van der Waals surface area contributed by atoms with E-state index in [1.165, 1.54) is 0 Å². The molecule has 0 atom stereocenters. The fourth-order valence-electron chi connectivity index (χ4n) is 0. The molecular formula is H4Ac2O2Pb. The average molecular weight is 697 g/mol. The van der Waals surface area contributed by atoms with Crippen LogP contribution in [0.3, 0.4) is 0 Å². The molecule has 0 rings (SSSR count). The van der Waals surface area contributed by atoms with Crippen molar-refractivity contribution in [1.82, 2.24) is 0 Å². The summed E-state index contributed by atoms with van der Waals surface area (Å²) in [6.45, 7) is 0. The average Bonchev–Trinajstić information content (AvgIpc) is 0. The van der Waals surface area contributed by atoms with Crippen LogP contribution in [0.5, 0.6) is 0 Å². The van der Waals surface area contributed by atoms with Crippen LogP contribution in [0.15, 0.2) is 0 Å². The Morgan fingerprint density at radius 2 is 0.600 bits per heavy atom. The zero-order chi connectivity index (χ0) is 0. The smallest absolute Gasteiger partial charge is 0 e. The van der Waals surface area contributed by atoms with Crippen LogP contribution in [0.25, 0.3) is 0 Å². The maximum absolute atomic E-state index is 0. The molecular weight excluding hydrogens is 693 g/mol. The van der Waals surface area contributed by atoms with E-state index in [2.05, 4.69) is 0 Å². The van der Waals surface area contributed by atoms with Crippen LogP contribution in [-0.4, -0.2) is 38.3 Å². The normalized spacial score (nSPS) is 0. The van der Waals surface area contributed by atoms with Crippen molar-refractivity contribution < 1.29 is 99.1 Å². The summed E-state index contributed by atoms with van der Waals surface area (Å²) < 4.78 is 0. The molecule has 0 saturated heterocycles. The van der Waals surface area contributed by atoms with Crippen molar-refractivity contribution in [2.75, 3.05) is 0 Å². The minimum Gasteiger partial charge on any atom is -0.412 e. The van der Waals surface area contributed by atoms with Gasteiger partial charge in [-0.15, -0.1) is 0 Å². The summed E-state index contributed by atoms with van der Waals surface area (Å²) in [4.78, 5) is 0. The van der Waals surface area contributed by atoms with Gasteiger partial charge in [-0.25, -0.2) is 0 Å². The van der Waals surface area contributed by atoms with Crippen LogP contribution >= 0.6 is 0 Å². The van der Waals surface area contributed by atoms with Gasteiger partial charge in [0.2, 0.25) is 0 Å². The monoisotopic (exact) mass is 698 g/mol. The molecule has 4 N–H and O–H groups in total. The van der Waals surface area contributed by atoms with Crippen LogP contribution in [0, 0.1) is 88.1 Å². The van der Waals surface area contributed by atoms with Gasteiger partial charge in [-0.3, -0.25) is 0 Å². The molecule has 2 nitrogen and oxygen atoms in total. The van der Waals surface area contributed by atoms with E-state index < -0.39 is 0 Å². The molecule has 6 radical (unpaired) electrons. The van der Waals surface area contributed by atoms with Gasteiger partial charge in [0.15, 0.2) is 0 Å². The molecule has 0 saturated carbocycles. The summed E-state index contributed by atoms with van der Waals surface area (Å²) >= 11 is 0. The number of hydrogen-bond acceptors (Lipinski definition) is 0. The molecule has 0 aliphatic carbocycles. The van der Waals surface area contributed by atoms with E-state index in [1.54, 1.807) is 0 Å². The van der Waals surface area contributed by atoms with Gasteiger partial charge in [-0.2, -0.15) is 0 Å². The third-order valence-corrected chi connectivity index (χ3v) is 0. The molecule has 0 fully saturated rings. The molecule has 0 bridgehead atoms. The first-order valence-corrected chi connectivity index (χ1v) is 0. The van der Waals surface area contributed by atoms with Gasteiger partial charge in [-0.1, -0.05) is 0 Å². The summed E-state index contributed by atoms with van der Waals surface area (Å²) in [5.41, 5.74) is 0. The van der Waals surface area contributed by atoms with Crippen molar-refractivity contribution >= 4 is 27.3 Å². The Labute approximate surface area is 123 Å². The second-order valence-corrected chi connectivity index (χ2v) is 0. The molecule has 5 heteroatoms. The number of hydrogen-bond donors (Lipinski definition) is 0. The largest absolute Gasteiger partial charge is 0.412 e. The van der Waals surface area contributed by atoms with E-state index in [4.69, 9.17) is 0 Å². The van der Waals surface area contributed by atoms with E-state index in [-0.39, 0.29) is 126 Å². The molecule has 0 aromatic heterocycles. The summed E-state index contributed by atoms with van der Waals surface area (Å²) in [7, 11) is 0. The van der Waals surface area contributed by atoms with E-state index >= 15 is 0 Å². The Bertz CT molecular complexity index is 7.61. The van der Waals surface area contributed by atoms with Gasteiger partial charge >= 0.3 is 0 Å². The molecule has 5 heavy (non-hydrogen) atoms. The van der Waals surface area contributed by atoms with Crippen LogP contribution in [0.4, 0.5) is 0 Å². The first-order chi connectivity index (χ1) is 0. The van der Waals surface area contributed by atoms with Gasteiger partial charge in [0.05, 0.1) is 0 Å². The van der Waals surface area contributed by atoms with Gasteiger partial charge in [0, 0.05) is 115 Å². The Kier molecular flexibility index (Phi) is 189. The Morgan fingerprint density at radius 3 is 0.600 bits per heavy atom. The molecule has 0 aliphatic rings. The van der Waals surface area contributed by atoms with E-state index in [0.29, 0.717) is 0 Å². The third-order valence-electron chi connectivity index (χ3n) is 0. The fraction of sp³-hybridized carbons (Fsp3) is 0. The van der Waals surface area contributed by atoms with Crippen molar-refractivity contribution in [3.63, 3.8) is 0 Å². The zero-order valence-electron chi connectivity index (χ0n) is 2.65. The molecule has 0 heterocycles. The Morgan fingerprint density at radius 1 is 0.600 bits per heavy atom. The van der Waals surface area contributed by atoms with E-state index in [9.17, 15) is 0 Å². The summed E-state index contributed by atoms with van der Waals surface area (Å²) in [5.74, 6) is 0. The van der Waals surface area contributed by atoms with E-state index in [0.717, 1.165) is 0 Å². The maximum Gasteiger partial charge on any atom is 0 e. The molecule has 0 spiro atoms. The van der Waals surface area contributed by atoms with Crippen molar-refractivity contribution in [1.29, 1.82) is 0 Å². The molecule has 0 aromatic rings. The topological polar surface area (TPSA) is 63.0 Å². The van der Waals surface area contributed by atoms with Crippen LogP contribution in [-0.2, 0) is 0 Å². The summed E-state index contributed by atoms with van der Waals surface area (Å²) in [6, 6.07) is 0. The van der Waals surface area contributed by atoms with Gasteiger partial charge in [-0.05, 0) is 0 Å². The predicted molar refractivity (Wildman–Crippen MR) is 13.0 cm³/mol.